The number of carbonyl (C=O) groups is 2. The molecule has 8 N–H and O–H groups in total. The summed E-state index contributed by atoms with van der Waals surface area (Å²) < 4.78 is 65.4. The third kappa shape index (κ3) is 31.0. The van der Waals surface area contributed by atoms with E-state index in [1.807, 2.05) is 0 Å². The quantitative estimate of drug-likeness (QED) is 0.0124. The molecule has 1 rings (SSSR count). The van der Waals surface area contributed by atoms with Crippen molar-refractivity contribution in [2.24, 2.45) is 0 Å². The number of phosphoric ester groups is 3. The molecule has 1 unspecified atom stereocenters. The summed E-state index contributed by atoms with van der Waals surface area (Å²) in [6, 6.07) is 0. The first-order valence-electron chi connectivity index (χ1n) is 23.5. The lowest BCUT2D eigenvalue weighted by atomic mass is 9.85. The number of ether oxygens (including phenoxy) is 2. The van der Waals surface area contributed by atoms with Crippen LogP contribution in [0, 0.1) is 0 Å². The molecule has 22 heteroatoms. The van der Waals surface area contributed by atoms with Crippen molar-refractivity contribution < 1.29 is 90.6 Å². The molecule has 0 heterocycles. The van der Waals surface area contributed by atoms with Gasteiger partial charge in [0.05, 0.1) is 6.61 Å². The normalized spacial score (nSPS) is 22.1. The summed E-state index contributed by atoms with van der Waals surface area (Å²) in [5.74, 6) is -1.29. The lowest BCUT2D eigenvalue weighted by Gasteiger charge is -2.44. The van der Waals surface area contributed by atoms with E-state index in [-0.39, 0.29) is 12.8 Å². The van der Waals surface area contributed by atoms with Gasteiger partial charge in [-0.2, -0.15) is 0 Å². The number of esters is 2. The van der Waals surface area contributed by atoms with Gasteiger partial charge in [0, 0.05) is 12.8 Å². The predicted octanol–water partition coefficient (Wildman–Crippen LogP) is 8.12. The van der Waals surface area contributed by atoms with Gasteiger partial charge in [-0.3, -0.25) is 27.7 Å². The van der Waals surface area contributed by atoms with Gasteiger partial charge in [0.15, 0.2) is 6.10 Å². The molecule has 64 heavy (non-hydrogen) atoms. The highest BCUT2D eigenvalue weighted by molar-refractivity contribution is 7.47. The Balaban J connectivity index is 2.72. The maximum Gasteiger partial charge on any atom is 0.472 e. The van der Waals surface area contributed by atoms with Gasteiger partial charge in [0.2, 0.25) is 0 Å². The van der Waals surface area contributed by atoms with Gasteiger partial charge in [-0.15, -0.1) is 0 Å². The molecule has 0 aliphatic heterocycles. The number of carbonyl (C=O) groups excluding carboxylic acids is 2. The van der Waals surface area contributed by atoms with Crippen molar-refractivity contribution in [2.75, 3.05) is 13.2 Å². The van der Waals surface area contributed by atoms with Crippen LogP contribution in [0.1, 0.15) is 187 Å². The molecule has 0 radical (unpaired) electrons. The van der Waals surface area contributed by atoms with Gasteiger partial charge in [-0.25, -0.2) is 13.7 Å². The summed E-state index contributed by atoms with van der Waals surface area (Å²) in [4.78, 5) is 73.0. The van der Waals surface area contributed by atoms with E-state index in [0.717, 1.165) is 64.2 Å². The molecule has 1 saturated carbocycles. The molecule has 0 aromatic rings. The summed E-state index contributed by atoms with van der Waals surface area (Å²) >= 11 is 0. The summed E-state index contributed by atoms with van der Waals surface area (Å²) in [7, 11) is -16.6. The van der Waals surface area contributed by atoms with Crippen LogP contribution in [-0.4, -0.2) is 108 Å². The monoisotopic (exact) mass is 982 g/mol. The first kappa shape index (κ1) is 60.9. The van der Waals surface area contributed by atoms with Crippen molar-refractivity contribution in [3.8, 4) is 0 Å². The fourth-order valence-corrected chi connectivity index (χ4v) is 9.38. The highest BCUT2D eigenvalue weighted by atomic mass is 31.2. The van der Waals surface area contributed by atoms with Crippen LogP contribution in [0.4, 0.5) is 0 Å². The zero-order valence-corrected chi connectivity index (χ0v) is 40.8. The maximum absolute atomic E-state index is 13.1. The van der Waals surface area contributed by atoms with Gasteiger partial charge in [0.1, 0.15) is 43.2 Å². The van der Waals surface area contributed by atoms with E-state index in [4.69, 9.17) is 18.5 Å². The second-order valence-electron chi connectivity index (χ2n) is 16.7. The molecule has 0 aromatic heterocycles. The van der Waals surface area contributed by atoms with E-state index < -0.39 is 91.3 Å². The molecule has 8 atom stereocenters. The Bertz CT molecular complexity index is 1410. The van der Waals surface area contributed by atoms with E-state index in [1.54, 1.807) is 0 Å². The number of allylic oxidation sites excluding steroid dienone is 2. The van der Waals surface area contributed by atoms with Crippen LogP contribution in [0.25, 0.3) is 0 Å². The van der Waals surface area contributed by atoms with Crippen LogP contribution in [0.5, 0.6) is 0 Å². The first-order chi connectivity index (χ1) is 30.3. The third-order valence-electron chi connectivity index (χ3n) is 10.8. The molecule has 1 fully saturated rings. The number of aliphatic hydroxyl groups excluding tert-OH is 3. The minimum atomic E-state index is -5.60. The molecule has 19 nitrogen and oxygen atoms in total. The molecule has 0 spiro atoms. The van der Waals surface area contributed by atoms with Crippen LogP contribution in [0.2, 0.25) is 0 Å². The summed E-state index contributed by atoms with van der Waals surface area (Å²) in [6.07, 6.45) is 15.3. The van der Waals surface area contributed by atoms with Crippen LogP contribution < -0.4 is 0 Å². The molecule has 0 saturated heterocycles. The topological polar surface area (TPSA) is 303 Å². The Hall–Kier alpha value is -1.11. The molecule has 0 aromatic carbocycles. The minimum absolute atomic E-state index is 0.000537. The molecule has 378 valence electrons. The third-order valence-corrected chi connectivity index (χ3v) is 12.8. The van der Waals surface area contributed by atoms with E-state index in [2.05, 4.69) is 35.0 Å². The van der Waals surface area contributed by atoms with Crippen molar-refractivity contribution in [3.63, 3.8) is 0 Å². The number of rotatable bonds is 40. The van der Waals surface area contributed by atoms with Crippen molar-refractivity contribution in [1.82, 2.24) is 0 Å². The average molecular weight is 983 g/mol. The zero-order valence-electron chi connectivity index (χ0n) is 38.1. The van der Waals surface area contributed by atoms with Crippen LogP contribution in [0.3, 0.4) is 0 Å². The smallest absolute Gasteiger partial charge is 0.462 e. The van der Waals surface area contributed by atoms with Crippen LogP contribution in [0.15, 0.2) is 12.2 Å². The highest BCUT2D eigenvalue weighted by Gasteiger charge is 2.56. The zero-order chi connectivity index (χ0) is 47.9. The van der Waals surface area contributed by atoms with E-state index >= 15 is 0 Å². The fourth-order valence-electron chi connectivity index (χ4n) is 7.28. The molecule has 1 aliphatic rings. The molecule has 0 amide bonds. The number of aliphatic hydroxyl groups is 3. The van der Waals surface area contributed by atoms with Crippen LogP contribution in [-0.2, 0) is 50.9 Å². The SMILES string of the molecule is CCCCC/C=C/CCCCCCCCCCCCC(=O)O[C@H](COC(=O)CCCCCCCCCCCC)COP(=O)(O)O[C@@H]1[C@H](O)[C@H](O)[C@@H](OP(=O)(O)O)[C@H](OP(=O)(O)O)[C@H]1O. The Morgan fingerprint density at radius 2 is 0.859 bits per heavy atom. The fraction of sp³-hybridized carbons (Fsp3) is 0.905. The number of hydrogen-bond acceptors (Lipinski definition) is 14. The summed E-state index contributed by atoms with van der Waals surface area (Å²) in [5.41, 5.74) is 0. The van der Waals surface area contributed by atoms with Gasteiger partial charge in [0.25, 0.3) is 0 Å². The molecule has 0 bridgehead atoms. The molecular weight excluding hydrogens is 901 g/mol. The van der Waals surface area contributed by atoms with Crippen LogP contribution >= 0.6 is 23.5 Å². The van der Waals surface area contributed by atoms with Gasteiger partial charge in [-0.05, 0) is 38.5 Å². The lowest BCUT2D eigenvalue weighted by Crippen LogP contribution is -2.65. The van der Waals surface area contributed by atoms with Crippen molar-refractivity contribution in [2.45, 2.75) is 230 Å². The van der Waals surface area contributed by atoms with Crippen molar-refractivity contribution >= 4 is 35.4 Å². The second-order valence-corrected chi connectivity index (χ2v) is 20.5. The number of hydrogen-bond donors (Lipinski definition) is 8. The van der Waals surface area contributed by atoms with Gasteiger partial charge >= 0.3 is 35.4 Å². The Kier molecular flexibility index (Phi) is 33.4. The Morgan fingerprint density at radius 1 is 0.484 bits per heavy atom. The first-order valence-corrected chi connectivity index (χ1v) is 28.0. The lowest BCUT2D eigenvalue weighted by molar-refractivity contribution is -0.213. The van der Waals surface area contributed by atoms with E-state index in [1.165, 1.54) is 83.5 Å². The Morgan fingerprint density at radius 3 is 1.33 bits per heavy atom. The summed E-state index contributed by atoms with van der Waals surface area (Å²) in [6.45, 7) is 2.91. The maximum atomic E-state index is 13.1. The summed E-state index contributed by atoms with van der Waals surface area (Å²) in [5, 5.41) is 31.8. The van der Waals surface area contributed by atoms with Gasteiger partial charge in [-0.1, -0.05) is 148 Å². The number of unbranched alkanes of at least 4 members (excludes halogenated alkanes) is 22. The largest absolute Gasteiger partial charge is 0.472 e. The average Bonchev–Trinajstić information content (AvgIpc) is 3.22. The highest BCUT2D eigenvalue weighted by Crippen LogP contribution is 2.51. The number of phosphoric acid groups is 3. The van der Waals surface area contributed by atoms with E-state index in [0.29, 0.717) is 12.8 Å². The van der Waals surface area contributed by atoms with Gasteiger partial charge < -0.3 is 49.3 Å². The molecular formula is C42H81O19P3. The predicted molar refractivity (Wildman–Crippen MR) is 238 cm³/mol. The minimum Gasteiger partial charge on any atom is -0.462 e. The van der Waals surface area contributed by atoms with E-state index in [9.17, 15) is 63.1 Å². The Labute approximate surface area is 380 Å². The second kappa shape index (κ2) is 35.1. The molecule has 1 aliphatic carbocycles. The standard InChI is InChI=1S/C42H81O19P3/c1-3-5-7-9-11-13-15-16-17-18-19-20-21-23-25-27-29-31-36(44)58-34(32-56-35(43)30-28-26-24-22-14-12-10-8-6-4-2)33-57-64(54,55)61-40-37(45)38(46)41(59-62(48,49)50)42(39(40)47)60-63(51,52)53/h11,13,34,37-42,45-47H,3-10,12,14-33H2,1-2H3,(H,54,55)(H2,48,49,50)(H2,51,52,53)/b13-11+/t34-,37-,38+,39+,40-,41-,42-/m1/s1. The van der Waals surface area contributed by atoms with Crippen molar-refractivity contribution in [3.05, 3.63) is 12.2 Å². The van der Waals surface area contributed by atoms with Crippen molar-refractivity contribution in [1.29, 1.82) is 0 Å².